The SMILES string of the molecule is Cc1ccc(C2/C(=C(/O)c3ccc(Br)c(C)c3)C(=O)C(=O)N2CCc2ccc(F)cc2)o1. The quantitative estimate of drug-likeness (QED) is 0.288. The van der Waals surface area contributed by atoms with Crippen LogP contribution in [0.2, 0.25) is 0 Å². The largest absolute Gasteiger partial charge is 0.507 e. The number of benzene rings is 2. The number of carbonyl (C=O) groups is 2. The summed E-state index contributed by atoms with van der Waals surface area (Å²) in [6.07, 6.45) is 0.418. The molecule has 1 unspecified atom stereocenters. The summed E-state index contributed by atoms with van der Waals surface area (Å²) in [6.45, 7) is 3.85. The molecule has 2 heterocycles. The van der Waals surface area contributed by atoms with Gasteiger partial charge in [0.25, 0.3) is 11.7 Å². The van der Waals surface area contributed by atoms with Crippen LogP contribution in [0, 0.1) is 19.7 Å². The van der Waals surface area contributed by atoms with Crippen LogP contribution < -0.4 is 0 Å². The lowest BCUT2D eigenvalue weighted by atomic mass is 9.98. The average molecular weight is 498 g/mol. The van der Waals surface area contributed by atoms with Crippen molar-refractivity contribution in [2.45, 2.75) is 26.3 Å². The van der Waals surface area contributed by atoms with Crippen molar-refractivity contribution in [2.24, 2.45) is 0 Å². The first-order chi connectivity index (χ1) is 15.3. The predicted octanol–water partition coefficient (Wildman–Crippen LogP) is 5.46. The topological polar surface area (TPSA) is 70.8 Å². The van der Waals surface area contributed by atoms with Crippen molar-refractivity contribution in [3.05, 3.63) is 98.7 Å². The van der Waals surface area contributed by atoms with Crippen LogP contribution in [0.25, 0.3) is 5.76 Å². The summed E-state index contributed by atoms with van der Waals surface area (Å²) in [6, 6.07) is 13.8. The molecule has 164 valence electrons. The van der Waals surface area contributed by atoms with E-state index in [4.69, 9.17) is 4.42 Å². The highest BCUT2D eigenvalue weighted by atomic mass is 79.9. The van der Waals surface area contributed by atoms with Crippen LogP contribution in [0.1, 0.15) is 34.3 Å². The van der Waals surface area contributed by atoms with Crippen molar-refractivity contribution in [1.82, 2.24) is 4.90 Å². The highest BCUT2D eigenvalue weighted by Crippen LogP contribution is 2.40. The Balaban J connectivity index is 1.76. The van der Waals surface area contributed by atoms with Gasteiger partial charge in [0, 0.05) is 16.6 Å². The molecule has 1 N–H and O–H groups in total. The lowest BCUT2D eigenvalue weighted by molar-refractivity contribution is -0.140. The van der Waals surface area contributed by atoms with Gasteiger partial charge in [-0.05, 0) is 67.8 Å². The Hall–Kier alpha value is -3.19. The molecule has 1 fully saturated rings. The van der Waals surface area contributed by atoms with Crippen LogP contribution in [0.15, 0.2) is 69.1 Å². The number of nitrogens with zero attached hydrogens (tertiary/aromatic N) is 1. The van der Waals surface area contributed by atoms with Crippen LogP contribution in [0.3, 0.4) is 0 Å². The number of aliphatic hydroxyl groups excluding tert-OH is 1. The molecule has 1 aliphatic rings. The zero-order valence-electron chi connectivity index (χ0n) is 17.6. The summed E-state index contributed by atoms with van der Waals surface area (Å²) in [5, 5.41) is 11.1. The van der Waals surface area contributed by atoms with Gasteiger partial charge in [-0.3, -0.25) is 9.59 Å². The fourth-order valence-corrected chi connectivity index (χ4v) is 4.10. The summed E-state index contributed by atoms with van der Waals surface area (Å²) >= 11 is 3.43. The van der Waals surface area contributed by atoms with E-state index in [0.29, 0.717) is 23.5 Å². The second-order valence-electron chi connectivity index (χ2n) is 7.78. The van der Waals surface area contributed by atoms with Gasteiger partial charge in [0.15, 0.2) is 0 Å². The number of halogens is 2. The minimum Gasteiger partial charge on any atom is -0.507 e. The van der Waals surface area contributed by atoms with Gasteiger partial charge in [0.05, 0.1) is 5.57 Å². The summed E-state index contributed by atoms with van der Waals surface area (Å²) in [5.74, 6) is -1.03. The van der Waals surface area contributed by atoms with E-state index in [0.717, 1.165) is 15.6 Å². The van der Waals surface area contributed by atoms with Gasteiger partial charge >= 0.3 is 0 Å². The maximum Gasteiger partial charge on any atom is 0.295 e. The number of aryl methyl sites for hydroxylation is 2. The molecular weight excluding hydrogens is 477 g/mol. The van der Waals surface area contributed by atoms with Gasteiger partial charge in [-0.1, -0.05) is 34.1 Å². The molecule has 5 nitrogen and oxygen atoms in total. The Morgan fingerprint density at radius 3 is 2.44 bits per heavy atom. The Morgan fingerprint density at radius 1 is 1.09 bits per heavy atom. The molecule has 7 heteroatoms. The number of ketones is 1. The van der Waals surface area contributed by atoms with Crippen LogP contribution in [-0.4, -0.2) is 28.2 Å². The fourth-order valence-electron chi connectivity index (χ4n) is 3.85. The van der Waals surface area contributed by atoms with Crippen molar-refractivity contribution in [1.29, 1.82) is 0 Å². The zero-order valence-corrected chi connectivity index (χ0v) is 19.1. The van der Waals surface area contributed by atoms with Crippen LogP contribution in [-0.2, 0) is 16.0 Å². The number of aliphatic hydroxyl groups is 1. The van der Waals surface area contributed by atoms with Gasteiger partial charge in [-0.25, -0.2) is 4.39 Å². The van der Waals surface area contributed by atoms with Crippen molar-refractivity contribution in [3.63, 3.8) is 0 Å². The van der Waals surface area contributed by atoms with Gasteiger partial charge in [0.1, 0.15) is 29.1 Å². The van der Waals surface area contributed by atoms with Crippen LogP contribution in [0.5, 0.6) is 0 Å². The number of likely N-dealkylation sites (tertiary alicyclic amines) is 1. The molecule has 0 aliphatic carbocycles. The van der Waals surface area contributed by atoms with E-state index in [9.17, 15) is 19.1 Å². The molecule has 1 aromatic heterocycles. The van der Waals surface area contributed by atoms with Crippen molar-refractivity contribution >= 4 is 33.4 Å². The van der Waals surface area contributed by atoms with Gasteiger partial charge in [-0.2, -0.15) is 0 Å². The number of hydrogen-bond donors (Lipinski definition) is 1. The molecule has 0 bridgehead atoms. The van der Waals surface area contributed by atoms with Gasteiger partial charge in [0.2, 0.25) is 0 Å². The highest BCUT2D eigenvalue weighted by molar-refractivity contribution is 9.10. The zero-order chi connectivity index (χ0) is 23.0. The maximum absolute atomic E-state index is 13.2. The third-order valence-corrected chi connectivity index (χ3v) is 6.45. The number of amides is 1. The summed E-state index contributed by atoms with van der Waals surface area (Å²) in [7, 11) is 0. The first kappa shape index (κ1) is 22.0. The van der Waals surface area contributed by atoms with E-state index in [1.54, 1.807) is 49.4 Å². The fraction of sp³-hybridized carbons (Fsp3) is 0.200. The van der Waals surface area contributed by atoms with Gasteiger partial charge < -0.3 is 14.4 Å². The second-order valence-corrected chi connectivity index (χ2v) is 8.64. The van der Waals surface area contributed by atoms with Crippen LogP contribution >= 0.6 is 15.9 Å². The molecule has 1 amide bonds. The number of rotatable bonds is 5. The Labute approximate surface area is 193 Å². The standard InChI is InChI=1S/C25H21BrFNO4/c1-14-13-17(6-9-19(14)26)23(29)21-22(20-10-3-15(2)32-20)28(25(31)24(21)30)12-11-16-4-7-18(27)8-5-16/h3-10,13,22,29H,11-12H2,1-2H3/b23-21-. The Bertz CT molecular complexity index is 1230. The van der Waals surface area contributed by atoms with Crippen molar-refractivity contribution in [3.8, 4) is 0 Å². The van der Waals surface area contributed by atoms with E-state index in [2.05, 4.69) is 15.9 Å². The van der Waals surface area contributed by atoms with Crippen LogP contribution in [0.4, 0.5) is 4.39 Å². The van der Waals surface area contributed by atoms with E-state index in [-0.39, 0.29) is 23.7 Å². The predicted molar refractivity (Wildman–Crippen MR) is 121 cm³/mol. The van der Waals surface area contributed by atoms with Crippen molar-refractivity contribution in [2.75, 3.05) is 6.54 Å². The summed E-state index contributed by atoms with van der Waals surface area (Å²) < 4.78 is 19.9. The highest BCUT2D eigenvalue weighted by Gasteiger charge is 2.47. The third-order valence-electron chi connectivity index (χ3n) is 5.56. The number of Topliss-reactive ketones (excluding diaryl/α,β-unsaturated/α-hetero) is 1. The Morgan fingerprint density at radius 2 is 1.81 bits per heavy atom. The van der Waals surface area contributed by atoms with Gasteiger partial charge in [-0.15, -0.1) is 0 Å². The molecule has 0 saturated carbocycles. The lowest BCUT2D eigenvalue weighted by Gasteiger charge is -2.23. The molecule has 1 aliphatic heterocycles. The number of furan rings is 1. The van der Waals surface area contributed by atoms with E-state index in [1.807, 2.05) is 6.92 Å². The normalized spacial score (nSPS) is 17.9. The number of carbonyl (C=O) groups excluding carboxylic acids is 2. The molecule has 1 saturated heterocycles. The molecule has 0 radical (unpaired) electrons. The minimum absolute atomic E-state index is 0.00909. The smallest absolute Gasteiger partial charge is 0.295 e. The van der Waals surface area contributed by atoms with E-state index >= 15 is 0 Å². The molecule has 1 atom stereocenters. The molecular formula is C25H21BrFNO4. The summed E-state index contributed by atoms with van der Waals surface area (Å²) in [4.78, 5) is 27.4. The molecule has 0 spiro atoms. The molecule has 2 aromatic carbocycles. The van der Waals surface area contributed by atoms with Crippen molar-refractivity contribution < 1.29 is 23.5 Å². The monoisotopic (exact) mass is 497 g/mol. The first-order valence-corrected chi connectivity index (χ1v) is 10.9. The second kappa shape index (κ2) is 8.74. The summed E-state index contributed by atoms with van der Waals surface area (Å²) in [5.41, 5.74) is 2.14. The van der Waals surface area contributed by atoms with E-state index < -0.39 is 17.7 Å². The van der Waals surface area contributed by atoms with E-state index in [1.165, 1.54) is 17.0 Å². The number of hydrogen-bond acceptors (Lipinski definition) is 4. The lowest BCUT2D eigenvalue weighted by Crippen LogP contribution is -2.31. The minimum atomic E-state index is -0.854. The average Bonchev–Trinajstić information content (AvgIpc) is 3.30. The Kier molecular flexibility index (Phi) is 6.02. The third kappa shape index (κ3) is 4.12. The molecule has 4 rings (SSSR count). The maximum atomic E-state index is 13.2. The molecule has 3 aromatic rings. The first-order valence-electron chi connectivity index (χ1n) is 10.1. The molecule has 32 heavy (non-hydrogen) atoms.